The van der Waals surface area contributed by atoms with Crippen molar-refractivity contribution >= 4 is 17.9 Å². The molecule has 0 radical (unpaired) electrons. The molecule has 0 aliphatic rings. The first-order valence-electron chi connectivity index (χ1n) is 31.4. The Labute approximate surface area is 453 Å². The van der Waals surface area contributed by atoms with Gasteiger partial charge in [-0.25, -0.2) is 0 Å². The maximum Gasteiger partial charge on any atom is 0.306 e. The van der Waals surface area contributed by atoms with Gasteiger partial charge < -0.3 is 14.2 Å². The van der Waals surface area contributed by atoms with Crippen LogP contribution >= 0.6 is 0 Å². The number of rotatable bonds is 57. The largest absolute Gasteiger partial charge is 0.462 e. The zero-order chi connectivity index (χ0) is 52.9. The number of esters is 3. The second kappa shape index (κ2) is 61.4. The van der Waals surface area contributed by atoms with Gasteiger partial charge in [0.15, 0.2) is 6.10 Å². The SMILES string of the molecule is CC/C=C\C/C=C\C/C=C\C/C=C\C/C=C\CCCCCCCCCCCCCC(=O)OCC(COC(=O)CCCCCCCCCCCCCCCC)OC(=O)CCCCCCC/C=C\CCCCCCC. The highest BCUT2D eigenvalue weighted by atomic mass is 16.6. The van der Waals surface area contributed by atoms with Crippen LogP contribution in [0.3, 0.4) is 0 Å². The van der Waals surface area contributed by atoms with Crippen LogP contribution in [0.15, 0.2) is 72.9 Å². The molecule has 0 aromatic carbocycles. The molecule has 0 aliphatic carbocycles. The minimum atomic E-state index is -0.779. The predicted octanol–water partition coefficient (Wildman–Crippen LogP) is 21.3. The molecule has 6 heteroatoms. The second-order valence-corrected chi connectivity index (χ2v) is 20.9. The summed E-state index contributed by atoms with van der Waals surface area (Å²) in [6, 6.07) is 0. The van der Waals surface area contributed by atoms with Crippen molar-refractivity contribution in [3.63, 3.8) is 0 Å². The molecule has 1 unspecified atom stereocenters. The van der Waals surface area contributed by atoms with E-state index in [9.17, 15) is 14.4 Å². The molecule has 0 rings (SSSR count). The Morgan fingerprint density at radius 1 is 0.288 bits per heavy atom. The predicted molar refractivity (Wildman–Crippen MR) is 316 cm³/mol. The fourth-order valence-electron chi connectivity index (χ4n) is 9.00. The quantitative estimate of drug-likeness (QED) is 0.0261. The number of hydrogen-bond donors (Lipinski definition) is 0. The monoisotopic (exact) mass is 1020 g/mol. The standard InChI is InChI=1S/C67H118O6/c1-4-7-10-13-16-19-22-25-28-29-30-31-32-33-34-35-36-37-38-39-40-43-45-48-51-54-57-60-66(69)72-63-64(73-67(70)61-58-55-52-49-46-42-27-24-21-18-15-12-9-6-3)62-71-65(68)59-56-53-50-47-44-41-26-23-20-17-14-11-8-5-2/h7,10,16,19,24-25,27-28,30-31,33-34,64H,4-6,8-9,11-15,17-18,20-23,26,29,32,35-63H2,1-3H3/b10-7-,19-16-,27-24-,28-25-,31-30-,34-33-. The lowest BCUT2D eigenvalue weighted by Crippen LogP contribution is -2.30. The van der Waals surface area contributed by atoms with E-state index in [1.165, 1.54) is 173 Å². The van der Waals surface area contributed by atoms with E-state index in [0.29, 0.717) is 19.3 Å². The number of ether oxygens (including phenoxy) is 3. The van der Waals surface area contributed by atoms with Gasteiger partial charge in [-0.05, 0) is 89.9 Å². The van der Waals surface area contributed by atoms with Gasteiger partial charge in [-0.15, -0.1) is 0 Å². The Bertz CT molecular complexity index is 1360. The Hall–Kier alpha value is -3.15. The van der Waals surface area contributed by atoms with Gasteiger partial charge in [0.25, 0.3) is 0 Å². The molecular weight excluding hydrogens is 901 g/mol. The zero-order valence-electron chi connectivity index (χ0n) is 48.4. The fraction of sp³-hybridized carbons (Fsp3) is 0.776. The molecule has 0 aliphatic heterocycles. The molecule has 0 amide bonds. The molecule has 0 bridgehead atoms. The number of allylic oxidation sites excluding steroid dienone is 12. The molecular formula is C67H118O6. The van der Waals surface area contributed by atoms with E-state index in [4.69, 9.17) is 14.2 Å². The van der Waals surface area contributed by atoms with Crippen molar-refractivity contribution < 1.29 is 28.6 Å². The molecule has 0 saturated carbocycles. The van der Waals surface area contributed by atoms with E-state index in [0.717, 1.165) is 103 Å². The third-order valence-electron chi connectivity index (χ3n) is 13.7. The number of carbonyl (C=O) groups is 3. The van der Waals surface area contributed by atoms with Crippen molar-refractivity contribution in [2.45, 2.75) is 322 Å². The van der Waals surface area contributed by atoms with Gasteiger partial charge in [-0.1, -0.05) is 280 Å². The average molecular weight is 1020 g/mol. The molecule has 0 heterocycles. The lowest BCUT2D eigenvalue weighted by molar-refractivity contribution is -0.167. The van der Waals surface area contributed by atoms with E-state index >= 15 is 0 Å². The van der Waals surface area contributed by atoms with Gasteiger partial charge in [-0.2, -0.15) is 0 Å². The first-order chi connectivity index (χ1) is 36.0. The van der Waals surface area contributed by atoms with Crippen molar-refractivity contribution in [1.82, 2.24) is 0 Å². The number of carbonyl (C=O) groups excluding carboxylic acids is 3. The van der Waals surface area contributed by atoms with Gasteiger partial charge in [0.2, 0.25) is 0 Å². The van der Waals surface area contributed by atoms with E-state index in [1.807, 2.05) is 0 Å². The number of hydrogen-bond acceptors (Lipinski definition) is 6. The van der Waals surface area contributed by atoms with Gasteiger partial charge in [0.05, 0.1) is 0 Å². The van der Waals surface area contributed by atoms with Crippen LogP contribution in [0.2, 0.25) is 0 Å². The molecule has 422 valence electrons. The lowest BCUT2D eigenvalue weighted by atomic mass is 10.0. The maximum absolute atomic E-state index is 12.9. The summed E-state index contributed by atoms with van der Waals surface area (Å²) in [5.41, 5.74) is 0. The van der Waals surface area contributed by atoms with E-state index in [1.54, 1.807) is 0 Å². The van der Waals surface area contributed by atoms with E-state index < -0.39 is 6.10 Å². The van der Waals surface area contributed by atoms with Crippen LogP contribution in [0.5, 0.6) is 0 Å². The van der Waals surface area contributed by atoms with Gasteiger partial charge >= 0.3 is 17.9 Å². The Morgan fingerprint density at radius 3 is 0.849 bits per heavy atom. The highest BCUT2D eigenvalue weighted by Gasteiger charge is 2.19. The van der Waals surface area contributed by atoms with Crippen LogP contribution in [0, 0.1) is 0 Å². The topological polar surface area (TPSA) is 78.9 Å². The molecule has 0 fully saturated rings. The van der Waals surface area contributed by atoms with Crippen LogP contribution in [0.4, 0.5) is 0 Å². The molecule has 0 aromatic rings. The molecule has 6 nitrogen and oxygen atoms in total. The van der Waals surface area contributed by atoms with Crippen molar-refractivity contribution in [3.8, 4) is 0 Å². The summed E-state index contributed by atoms with van der Waals surface area (Å²) >= 11 is 0. The fourth-order valence-corrected chi connectivity index (χ4v) is 9.00. The van der Waals surface area contributed by atoms with Crippen molar-refractivity contribution in [1.29, 1.82) is 0 Å². The molecule has 0 spiro atoms. The first-order valence-corrected chi connectivity index (χ1v) is 31.4. The zero-order valence-corrected chi connectivity index (χ0v) is 48.4. The van der Waals surface area contributed by atoms with Crippen molar-refractivity contribution in [2.24, 2.45) is 0 Å². The highest BCUT2D eigenvalue weighted by molar-refractivity contribution is 5.71. The molecule has 73 heavy (non-hydrogen) atoms. The number of unbranched alkanes of at least 4 members (excludes halogenated alkanes) is 34. The van der Waals surface area contributed by atoms with Crippen LogP contribution in [-0.2, 0) is 28.6 Å². The van der Waals surface area contributed by atoms with Crippen LogP contribution < -0.4 is 0 Å². The first kappa shape index (κ1) is 69.8. The third kappa shape index (κ3) is 59.6. The molecule has 1 atom stereocenters. The summed E-state index contributed by atoms with van der Waals surface area (Å²) in [6.07, 6.45) is 79.0. The molecule has 0 saturated heterocycles. The van der Waals surface area contributed by atoms with Crippen molar-refractivity contribution in [2.75, 3.05) is 13.2 Å². The summed E-state index contributed by atoms with van der Waals surface area (Å²) in [5, 5.41) is 0. The summed E-state index contributed by atoms with van der Waals surface area (Å²) in [4.78, 5) is 38.2. The average Bonchev–Trinajstić information content (AvgIpc) is 3.39. The van der Waals surface area contributed by atoms with Crippen LogP contribution in [0.1, 0.15) is 316 Å². The lowest BCUT2D eigenvalue weighted by Gasteiger charge is -2.18. The van der Waals surface area contributed by atoms with Crippen molar-refractivity contribution in [3.05, 3.63) is 72.9 Å². The highest BCUT2D eigenvalue weighted by Crippen LogP contribution is 2.16. The molecule has 0 N–H and O–H groups in total. The van der Waals surface area contributed by atoms with Gasteiger partial charge in [-0.3, -0.25) is 14.4 Å². The smallest absolute Gasteiger partial charge is 0.306 e. The normalized spacial score (nSPS) is 12.5. The minimum Gasteiger partial charge on any atom is -0.462 e. The third-order valence-corrected chi connectivity index (χ3v) is 13.7. The Morgan fingerprint density at radius 2 is 0.534 bits per heavy atom. The summed E-state index contributed by atoms with van der Waals surface area (Å²) in [5.74, 6) is -0.873. The van der Waals surface area contributed by atoms with Gasteiger partial charge in [0, 0.05) is 19.3 Å². The van der Waals surface area contributed by atoms with Gasteiger partial charge in [0.1, 0.15) is 13.2 Å². The summed E-state index contributed by atoms with van der Waals surface area (Å²) in [6.45, 7) is 6.54. The van der Waals surface area contributed by atoms with E-state index in [-0.39, 0.29) is 31.1 Å². The minimum absolute atomic E-state index is 0.0756. The van der Waals surface area contributed by atoms with E-state index in [2.05, 4.69) is 93.7 Å². The summed E-state index contributed by atoms with van der Waals surface area (Å²) < 4.78 is 16.9. The summed E-state index contributed by atoms with van der Waals surface area (Å²) in [7, 11) is 0. The second-order valence-electron chi connectivity index (χ2n) is 20.9. The van der Waals surface area contributed by atoms with Crippen LogP contribution in [0.25, 0.3) is 0 Å². The van der Waals surface area contributed by atoms with Crippen LogP contribution in [-0.4, -0.2) is 37.2 Å². The Balaban J connectivity index is 4.26. The molecule has 0 aromatic heterocycles. The Kier molecular flexibility index (Phi) is 58.7. The maximum atomic E-state index is 12.9.